The molecule has 1 aromatic carbocycles. The fraction of sp³-hybridized carbons (Fsp3) is 0.188. The number of anilines is 2. The van der Waals surface area contributed by atoms with Gasteiger partial charge in [0.1, 0.15) is 11.5 Å². The molecule has 0 fully saturated rings. The number of benzene rings is 1. The van der Waals surface area contributed by atoms with Crippen LogP contribution in [0.4, 0.5) is 15.8 Å². The number of fused-ring (bicyclic) bond motifs is 1. The summed E-state index contributed by atoms with van der Waals surface area (Å²) in [6.07, 6.45) is 5.27. The van der Waals surface area contributed by atoms with E-state index >= 15 is 0 Å². The lowest BCUT2D eigenvalue weighted by atomic mass is 9.97. The SMILES string of the molecule is N=Cc1c(C(=O)c2ncc3c(c2N)CCC3)ccc(F)c1N. The van der Waals surface area contributed by atoms with Crippen molar-refractivity contribution in [1.29, 1.82) is 5.41 Å². The summed E-state index contributed by atoms with van der Waals surface area (Å²) in [6, 6.07) is 2.42. The van der Waals surface area contributed by atoms with Gasteiger partial charge in [-0.2, -0.15) is 0 Å². The fourth-order valence-electron chi connectivity index (χ4n) is 2.84. The van der Waals surface area contributed by atoms with E-state index in [1.807, 2.05) is 0 Å². The molecule has 2 aromatic rings. The predicted molar refractivity (Wildman–Crippen MR) is 82.8 cm³/mol. The molecule has 1 aliphatic rings. The van der Waals surface area contributed by atoms with E-state index in [2.05, 4.69) is 4.98 Å². The number of aromatic nitrogens is 1. The van der Waals surface area contributed by atoms with Crippen LogP contribution in [-0.2, 0) is 12.8 Å². The van der Waals surface area contributed by atoms with Crippen LogP contribution < -0.4 is 11.5 Å². The van der Waals surface area contributed by atoms with Crippen LogP contribution in [0.5, 0.6) is 0 Å². The molecule has 0 saturated carbocycles. The Balaban J connectivity index is 2.13. The number of pyridine rings is 1. The zero-order valence-corrected chi connectivity index (χ0v) is 11.8. The first-order valence-electron chi connectivity index (χ1n) is 6.94. The summed E-state index contributed by atoms with van der Waals surface area (Å²) in [5.41, 5.74) is 14.2. The van der Waals surface area contributed by atoms with Gasteiger partial charge >= 0.3 is 0 Å². The monoisotopic (exact) mass is 298 g/mol. The second-order valence-electron chi connectivity index (χ2n) is 5.27. The van der Waals surface area contributed by atoms with Crippen LogP contribution >= 0.6 is 0 Å². The normalized spacial score (nSPS) is 13.0. The molecular weight excluding hydrogens is 283 g/mol. The molecule has 1 aliphatic carbocycles. The smallest absolute Gasteiger partial charge is 0.214 e. The number of nitrogens with zero attached hydrogens (tertiary/aromatic N) is 1. The molecule has 0 saturated heterocycles. The molecule has 6 heteroatoms. The number of nitrogens with one attached hydrogen (secondary N) is 1. The van der Waals surface area contributed by atoms with Crippen molar-refractivity contribution in [2.24, 2.45) is 0 Å². The molecule has 5 N–H and O–H groups in total. The Hall–Kier alpha value is -2.76. The number of rotatable bonds is 3. The lowest BCUT2D eigenvalue weighted by molar-refractivity contribution is 0.103. The van der Waals surface area contributed by atoms with Crippen molar-refractivity contribution in [3.63, 3.8) is 0 Å². The molecule has 5 nitrogen and oxygen atoms in total. The maximum atomic E-state index is 13.5. The molecule has 0 aliphatic heterocycles. The van der Waals surface area contributed by atoms with Crippen LogP contribution in [0.1, 0.15) is 39.2 Å². The van der Waals surface area contributed by atoms with Gasteiger partial charge in [0.2, 0.25) is 5.78 Å². The van der Waals surface area contributed by atoms with Crippen LogP contribution in [0.15, 0.2) is 18.3 Å². The Kier molecular flexibility index (Phi) is 3.36. The van der Waals surface area contributed by atoms with Gasteiger partial charge in [0.15, 0.2) is 0 Å². The third-order valence-electron chi connectivity index (χ3n) is 4.03. The van der Waals surface area contributed by atoms with Crippen molar-refractivity contribution >= 4 is 23.4 Å². The van der Waals surface area contributed by atoms with Crippen molar-refractivity contribution in [3.05, 3.63) is 52.1 Å². The molecule has 1 heterocycles. The van der Waals surface area contributed by atoms with Gasteiger partial charge in [-0.25, -0.2) is 4.39 Å². The van der Waals surface area contributed by atoms with E-state index in [-0.39, 0.29) is 22.5 Å². The number of hydrogen-bond donors (Lipinski definition) is 3. The minimum absolute atomic E-state index is 0.0479. The molecule has 3 rings (SSSR count). The van der Waals surface area contributed by atoms with Crippen molar-refractivity contribution in [1.82, 2.24) is 4.98 Å². The number of carbonyl (C=O) groups excluding carboxylic acids is 1. The second-order valence-corrected chi connectivity index (χ2v) is 5.27. The Morgan fingerprint density at radius 3 is 2.77 bits per heavy atom. The minimum atomic E-state index is -0.662. The summed E-state index contributed by atoms with van der Waals surface area (Å²) in [5.74, 6) is -1.11. The maximum Gasteiger partial charge on any atom is 0.214 e. The van der Waals surface area contributed by atoms with Crippen molar-refractivity contribution in [3.8, 4) is 0 Å². The molecule has 0 spiro atoms. The first-order chi connectivity index (χ1) is 10.5. The first-order valence-corrected chi connectivity index (χ1v) is 6.94. The van der Waals surface area contributed by atoms with Gasteiger partial charge in [0, 0.05) is 23.5 Å². The van der Waals surface area contributed by atoms with Crippen LogP contribution in [0, 0.1) is 11.2 Å². The van der Waals surface area contributed by atoms with Gasteiger partial charge in [-0.05, 0) is 42.5 Å². The summed E-state index contributed by atoms with van der Waals surface area (Å²) < 4.78 is 13.5. The van der Waals surface area contributed by atoms with Crippen LogP contribution in [0.2, 0.25) is 0 Å². The Bertz CT molecular complexity index is 801. The summed E-state index contributed by atoms with van der Waals surface area (Å²) in [4.78, 5) is 16.9. The summed E-state index contributed by atoms with van der Waals surface area (Å²) in [6.45, 7) is 0. The lowest BCUT2D eigenvalue weighted by Crippen LogP contribution is -2.14. The quantitative estimate of drug-likeness (QED) is 0.458. The van der Waals surface area contributed by atoms with E-state index in [0.717, 1.165) is 42.7 Å². The molecule has 0 radical (unpaired) electrons. The lowest BCUT2D eigenvalue weighted by Gasteiger charge is -2.11. The number of nitrogen functional groups attached to an aromatic ring is 2. The van der Waals surface area contributed by atoms with Gasteiger partial charge in [-0.3, -0.25) is 9.78 Å². The third-order valence-corrected chi connectivity index (χ3v) is 4.03. The molecule has 1 aromatic heterocycles. The summed E-state index contributed by atoms with van der Waals surface area (Å²) >= 11 is 0. The average Bonchev–Trinajstić information content (AvgIpc) is 2.99. The summed E-state index contributed by atoms with van der Waals surface area (Å²) in [7, 11) is 0. The summed E-state index contributed by atoms with van der Waals surface area (Å²) in [5, 5.41) is 7.38. The highest BCUT2D eigenvalue weighted by molar-refractivity contribution is 6.15. The van der Waals surface area contributed by atoms with E-state index in [9.17, 15) is 9.18 Å². The molecule has 0 amide bonds. The third kappa shape index (κ3) is 2.04. The second kappa shape index (κ2) is 5.22. The van der Waals surface area contributed by atoms with E-state index < -0.39 is 11.6 Å². The van der Waals surface area contributed by atoms with Crippen molar-refractivity contribution < 1.29 is 9.18 Å². The number of hydrogen-bond acceptors (Lipinski definition) is 5. The Labute approximate surface area is 126 Å². The van der Waals surface area contributed by atoms with E-state index in [0.29, 0.717) is 5.69 Å². The van der Waals surface area contributed by atoms with Crippen LogP contribution in [0.25, 0.3) is 0 Å². The largest absolute Gasteiger partial charge is 0.397 e. The number of carbonyl (C=O) groups is 1. The van der Waals surface area contributed by atoms with Gasteiger partial charge in [-0.1, -0.05) is 0 Å². The molecule has 0 atom stereocenters. The molecular formula is C16H15FN4O. The molecule has 112 valence electrons. The number of halogens is 1. The zero-order valence-electron chi connectivity index (χ0n) is 11.8. The Morgan fingerprint density at radius 2 is 2.05 bits per heavy atom. The van der Waals surface area contributed by atoms with Crippen molar-refractivity contribution in [2.45, 2.75) is 19.3 Å². The van der Waals surface area contributed by atoms with Crippen LogP contribution in [-0.4, -0.2) is 17.0 Å². The standard InChI is InChI=1S/C16H15FN4O/c17-12-5-4-10(11(6-18)13(12)19)16(22)15-14(20)9-3-1-2-8(9)7-21-15/h4-7,18H,1-3,19-20H2. The number of aryl methyl sites for hydroxylation is 1. The molecule has 0 bridgehead atoms. The van der Waals surface area contributed by atoms with Crippen molar-refractivity contribution in [2.75, 3.05) is 11.5 Å². The topological polar surface area (TPSA) is 106 Å². The fourth-order valence-corrected chi connectivity index (χ4v) is 2.84. The highest BCUT2D eigenvalue weighted by Crippen LogP contribution is 2.30. The molecule has 0 unspecified atom stereocenters. The van der Waals surface area contributed by atoms with E-state index in [1.54, 1.807) is 6.20 Å². The van der Waals surface area contributed by atoms with Gasteiger partial charge in [0.25, 0.3) is 0 Å². The van der Waals surface area contributed by atoms with Gasteiger partial charge in [-0.15, -0.1) is 0 Å². The van der Waals surface area contributed by atoms with Gasteiger partial charge in [0.05, 0.1) is 11.4 Å². The number of ketones is 1. The van der Waals surface area contributed by atoms with Gasteiger partial charge < -0.3 is 16.9 Å². The zero-order chi connectivity index (χ0) is 15.9. The average molecular weight is 298 g/mol. The van der Waals surface area contributed by atoms with E-state index in [1.165, 1.54) is 6.07 Å². The Morgan fingerprint density at radius 1 is 1.27 bits per heavy atom. The first kappa shape index (κ1) is 14.2. The van der Waals surface area contributed by atoms with Crippen LogP contribution in [0.3, 0.4) is 0 Å². The molecule has 22 heavy (non-hydrogen) atoms. The highest BCUT2D eigenvalue weighted by atomic mass is 19.1. The highest BCUT2D eigenvalue weighted by Gasteiger charge is 2.24. The number of nitrogens with two attached hydrogens (primary N) is 2. The maximum absolute atomic E-state index is 13.5. The predicted octanol–water partition coefficient (Wildman–Crippen LogP) is 2.10. The van der Waals surface area contributed by atoms with E-state index in [4.69, 9.17) is 16.9 Å². The minimum Gasteiger partial charge on any atom is -0.397 e.